The standard InChI is InChI=1S/C16H11BrO2/c17-16-14(10-1-4-12(18)5-2-10)7-3-11-9-13(19)6-8-15(11)16/h1-9,18-19H. The zero-order chi connectivity index (χ0) is 13.4. The van der Waals surface area contributed by atoms with Crippen LogP contribution < -0.4 is 0 Å². The highest BCUT2D eigenvalue weighted by Crippen LogP contribution is 2.36. The molecule has 0 amide bonds. The predicted molar refractivity (Wildman–Crippen MR) is 80.4 cm³/mol. The van der Waals surface area contributed by atoms with Crippen LogP contribution in [0.25, 0.3) is 21.9 Å². The lowest BCUT2D eigenvalue weighted by atomic mass is 10.0. The van der Waals surface area contributed by atoms with Gasteiger partial charge in [-0.25, -0.2) is 0 Å². The van der Waals surface area contributed by atoms with E-state index in [9.17, 15) is 10.2 Å². The molecule has 0 atom stereocenters. The van der Waals surface area contributed by atoms with E-state index in [1.54, 1.807) is 24.3 Å². The van der Waals surface area contributed by atoms with Crippen LogP contribution >= 0.6 is 15.9 Å². The van der Waals surface area contributed by atoms with Gasteiger partial charge < -0.3 is 10.2 Å². The van der Waals surface area contributed by atoms with Gasteiger partial charge >= 0.3 is 0 Å². The van der Waals surface area contributed by atoms with Crippen molar-refractivity contribution in [1.82, 2.24) is 0 Å². The fraction of sp³-hybridized carbons (Fsp3) is 0. The van der Waals surface area contributed by atoms with Crippen molar-refractivity contribution in [2.45, 2.75) is 0 Å². The molecular formula is C16H11BrO2. The Morgan fingerprint density at radius 3 is 2.16 bits per heavy atom. The average Bonchev–Trinajstić information content (AvgIpc) is 2.40. The van der Waals surface area contributed by atoms with Crippen LogP contribution in [0.15, 0.2) is 59.1 Å². The highest BCUT2D eigenvalue weighted by molar-refractivity contribution is 9.10. The van der Waals surface area contributed by atoms with Gasteiger partial charge in [0.2, 0.25) is 0 Å². The molecule has 0 radical (unpaired) electrons. The first-order chi connectivity index (χ1) is 9.15. The molecule has 0 bridgehead atoms. The summed E-state index contributed by atoms with van der Waals surface area (Å²) in [6, 6.07) is 16.4. The molecule has 2 nitrogen and oxygen atoms in total. The van der Waals surface area contributed by atoms with Crippen molar-refractivity contribution in [3.8, 4) is 22.6 Å². The van der Waals surface area contributed by atoms with Crippen LogP contribution in [-0.4, -0.2) is 10.2 Å². The maximum atomic E-state index is 9.49. The van der Waals surface area contributed by atoms with Crippen LogP contribution in [0.2, 0.25) is 0 Å². The zero-order valence-corrected chi connectivity index (χ0v) is 11.6. The Labute approximate surface area is 119 Å². The van der Waals surface area contributed by atoms with Gasteiger partial charge in [-0.1, -0.05) is 24.3 Å². The van der Waals surface area contributed by atoms with Gasteiger partial charge in [-0.15, -0.1) is 0 Å². The average molecular weight is 315 g/mol. The van der Waals surface area contributed by atoms with Crippen molar-refractivity contribution >= 4 is 26.7 Å². The maximum Gasteiger partial charge on any atom is 0.116 e. The fourth-order valence-corrected chi connectivity index (χ4v) is 2.87. The van der Waals surface area contributed by atoms with Gasteiger partial charge in [-0.2, -0.15) is 0 Å². The molecule has 0 spiro atoms. The number of aromatic hydroxyl groups is 2. The van der Waals surface area contributed by atoms with Crippen LogP contribution in [-0.2, 0) is 0 Å². The van der Waals surface area contributed by atoms with Crippen LogP contribution in [0, 0.1) is 0 Å². The Morgan fingerprint density at radius 2 is 1.42 bits per heavy atom. The lowest BCUT2D eigenvalue weighted by molar-refractivity contribution is 0.475. The Morgan fingerprint density at radius 1 is 0.737 bits per heavy atom. The third-order valence-electron chi connectivity index (χ3n) is 3.12. The van der Waals surface area contributed by atoms with Gasteiger partial charge in [0.05, 0.1) is 0 Å². The number of hydrogen-bond donors (Lipinski definition) is 2. The highest BCUT2D eigenvalue weighted by atomic mass is 79.9. The lowest BCUT2D eigenvalue weighted by Gasteiger charge is -2.09. The second-order valence-electron chi connectivity index (χ2n) is 4.38. The number of benzene rings is 3. The SMILES string of the molecule is Oc1ccc(-c2ccc3cc(O)ccc3c2Br)cc1. The number of phenolic OH excluding ortho intramolecular Hbond substituents is 2. The van der Waals surface area contributed by atoms with Crippen molar-refractivity contribution < 1.29 is 10.2 Å². The number of halogens is 1. The fourth-order valence-electron chi connectivity index (χ4n) is 2.14. The molecule has 0 unspecified atom stereocenters. The summed E-state index contributed by atoms with van der Waals surface area (Å²) in [4.78, 5) is 0. The molecule has 0 saturated carbocycles. The Hall–Kier alpha value is -2.00. The number of fused-ring (bicyclic) bond motifs is 1. The van der Waals surface area contributed by atoms with Gasteiger partial charge in [0.1, 0.15) is 11.5 Å². The van der Waals surface area contributed by atoms with Crippen molar-refractivity contribution in [3.63, 3.8) is 0 Å². The van der Waals surface area contributed by atoms with E-state index >= 15 is 0 Å². The van der Waals surface area contributed by atoms with E-state index in [1.165, 1.54) is 0 Å². The molecule has 0 aliphatic rings. The molecule has 0 saturated heterocycles. The van der Waals surface area contributed by atoms with Crippen molar-refractivity contribution in [1.29, 1.82) is 0 Å². The Bertz CT molecular complexity index is 749. The third kappa shape index (κ3) is 2.17. The van der Waals surface area contributed by atoms with Gasteiger partial charge in [-0.3, -0.25) is 0 Å². The molecule has 0 aliphatic carbocycles. The molecule has 3 rings (SSSR count). The topological polar surface area (TPSA) is 40.5 Å². The number of hydrogen-bond acceptors (Lipinski definition) is 2. The molecule has 3 heteroatoms. The minimum absolute atomic E-state index is 0.255. The molecule has 3 aromatic rings. The molecule has 94 valence electrons. The predicted octanol–water partition coefficient (Wildman–Crippen LogP) is 4.68. The number of phenols is 2. The van der Waals surface area contributed by atoms with Crippen LogP contribution in [0.3, 0.4) is 0 Å². The molecular weight excluding hydrogens is 304 g/mol. The molecule has 0 aliphatic heterocycles. The van der Waals surface area contributed by atoms with Crippen molar-refractivity contribution in [2.24, 2.45) is 0 Å². The Balaban J connectivity index is 2.22. The van der Waals surface area contributed by atoms with Gasteiger partial charge in [0, 0.05) is 4.47 Å². The van der Waals surface area contributed by atoms with Gasteiger partial charge in [0.25, 0.3) is 0 Å². The van der Waals surface area contributed by atoms with Crippen LogP contribution in [0.1, 0.15) is 0 Å². The molecule has 2 N–H and O–H groups in total. The van der Waals surface area contributed by atoms with Gasteiger partial charge in [-0.05, 0) is 68.2 Å². The summed E-state index contributed by atoms with van der Waals surface area (Å²) in [7, 11) is 0. The highest BCUT2D eigenvalue weighted by Gasteiger charge is 2.07. The molecule has 19 heavy (non-hydrogen) atoms. The zero-order valence-electron chi connectivity index (χ0n) is 9.97. The first kappa shape index (κ1) is 12.1. The van der Waals surface area contributed by atoms with E-state index in [2.05, 4.69) is 15.9 Å². The summed E-state index contributed by atoms with van der Waals surface area (Å²) in [6.45, 7) is 0. The maximum absolute atomic E-state index is 9.49. The summed E-state index contributed by atoms with van der Waals surface area (Å²) < 4.78 is 0.982. The second-order valence-corrected chi connectivity index (χ2v) is 5.17. The third-order valence-corrected chi connectivity index (χ3v) is 3.97. The number of rotatable bonds is 1. The normalized spacial score (nSPS) is 10.8. The second kappa shape index (κ2) is 4.59. The van der Waals surface area contributed by atoms with E-state index in [1.807, 2.05) is 30.3 Å². The lowest BCUT2D eigenvalue weighted by Crippen LogP contribution is -1.82. The van der Waals surface area contributed by atoms with Gasteiger partial charge in [0.15, 0.2) is 0 Å². The monoisotopic (exact) mass is 314 g/mol. The quantitative estimate of drug-likeness (QED) is 0.684. The van der Waals surface area contributed by atoms with E-state index in [4.69, 9.17) is 0 Å². The van der Waals surface area contributed by atoms with E-state index in [0.717, 1.165) is 26.4 Å². The summed E-state index contributed by atoms with van der Waals surface area (Å²) >= 11 is 3.62. The van der Waals surface area contributed by atoms with Crippen LogP contribution in [0.4, 0.5) is 0 Å². The van der Waals surface area contributed by atoms with E-state index < -0.39 is 0 Å². The molecule has 0 fully saturated rings. The first-order valence-corrected chi connectivity index (χ1v) is 6.65. The summed E-state index contributed by atoms with van der Waals surface area (Å²) in [5.41, 5.74) is 2.08. The van der Waals surface area contributed by atoms with Crippen molar-refractivity contribution in [3.05, 3.63) is 59.1 Å². The molecule has 3 aromatic carbocycles. The summed E-state index contributed by atoms with van der Waals surface area (Å²) in [5.74, 6) is 0.516. The molecule has 0 heterocycles. The summed E-state index contributed by atoms with van der Waals surface area (Å²) in [6.07, 6.45) is 0. The smallest absolute Gasteiger partial charge is 0.116 e. The largest absolute Gasteiger partial charge is 0.508 e. The van der Waals surface area contributed by atoms with E-state index in [0.29, 0.717) is 0 Å². The van der Waals surface area contributed by atoms with Crippen molar-refractivity contribution in [2.75, 3.05) is 0 Å². The minimum atomic E-state index is 0.255. The van der Waals surface area contributed by atoms with E-state index in [-0.39, 0.29) is 11.5 Å². The molecule has 0 aromatic heterocycles. The van der Waals surface area contributed by atoms with Crippen LogP contribution in [0.5, 0.6) is 11.5 Å². The summed E-state index contributed by atoms with van der Waals surface area (Å²) in [5, 5.41) is 20.9. The minimum Gasteiger partial charge on any atom is -0.508 e. The first-order valence-electron chi connectivity index (χ1n) is 5.86. The Kier molecular flexibility index (Phi) is 2.91.